The second-order valence-electron chi connectivity index (χ2n) is 7.46. The van der Waals surface area contributed by atoms with Crippen molar-refractivity contribution < 1.29 is 9.59 Å². The number of imidazole rings is 1. The fourth-order valence-electron chi connectivity index (χ4n) is 3.69. The summed E-state index contributed by atoms with van der Waals surface area (Å²) in [6.45, 7) is 1.68. The van der Waals surface area contributed by atoms with Crippen LogP contribution in [0.25, 0.3) is 11.0 Å². The summed E-state index contributed by atoms with van der Waals surface area (Å²) in [6, 6.07) is 5.45. The first-order valence-electron chi connectivity index (χ1n) is 9.66. The van der Waals surface area contributed by atoms with E-state index in [9.17, 15) is 9.59 Å². The largest absolute Gasteiger partial charge is 0.349 e. The number of hydrogen-bond donors (Lipinski definition) is 2. The quantitative estimate of drug-likeness (QED) is 0.670. The van der Waals surface area contributed by atoms with E-state index in [1.54, 1.807) is 30.2 Å². The molecule has 3 aromatic rings. The number of aryl methyl sites for hydroxylation is 1. The molecule has 1 aromatic carbocycles. The molecule has 1 saturated heterocycles. The van der Waals surface area contributed by atoms with Gasteiger partial charge in [0.1, 0.15) is 5.82 Å². The monoisotopic (exact) mass is 414 g/mol. The number of carbonyl (C=O) groups is 2. The van der Waals surface area contributed by atoms with Gasteiger partial charge in [-0.25, -0.2) is 4.98 Å². The van der Waals surface area contributed by atoms with Crippen LogP contribution in [0.1, 0.15) is 35.4 Å². The molecule has 2 aromatic heterocycles. The second kappa shape index (κ2) is 8.24. The Hall–Kier alpha value is -2.87. The second-order valence-corrected chi connectivity index (χ2v) is 7.90. The van der Waals surface area contributed by atoms with Gasteiger partial charge in [0.2, 0.25) is 5.91 Å². The minimum Gasteiger partial charge on any atom is -0.349 e. The molecule has 3 heterocycles. The summed E-state index contributed by atoms with van der Waals surface area (Å²) in [4.78, 5) is 34.3. The number of H-pyrrole nitrogens is 1. The third-order valence-electron chi connectivity index (χ3n) is 5.27. The van der Waals surface area contributed by atoms with Crippen LogP contribution in [0.2, 0.25) is 5.02 Å². The highest BCUT2D eigenvalue weighted by molar-refractivity contribution is 6.31. The van der Waals surface area contributed by atoms with E-state index in [-0.39, 0.29) is 17.7 Å². The number of piperidine rings is 1. The standard InChI is InChI=1S/C20H23ClN6O2/c1-26-12-14(10-23-26)20(29)27-6-4-13(5-7-27)8-19(28)22-11-18-24-16-3-2-15(21)9-17(16)25-18/h2-3,9-10,12-13H,4-8,11H2,1H3,(H,22,28)(H,24,25). The van der Waals surface area contributed by atoms with Crippen LogP contribution in [-0.2, 0) is 18.4 Å². The SMILES string of the molecule is Cn1cc(C(=O)N2CCC(CC(=O)NCc3nc4ccc(Cl)cc4[nH]3)CC2)cn1. The van der Waals surface area contributed by atoms with Gasteiger partial charge in [-0.3, -0.25) is 14.3 Å². The highest BCUT2D eigenvalue weighted by atomic mass is 35.5. The number of amides is 2. The molecule has 29 heavy (non-hydrogen) atoms. The van der Waals surface area contributed by atoms with Crippen molar-refractivity contribution in [1.29, 1.82) is 0 Å². The lowest BCUT2D eigenvalue weighted by Crippen LogP contribution is -2.39. The zero-order chi connectivity index (χ0) is 20.4. The summed E-state index contributed by atoms with van der Waals surface area (Å²) in [5.74, 6) is 0.987. The van der Waals surface area contributed by atoms with Crippen molar-refractivity contribution in [1.82, 2.24) is 30.0 Å². The van der Waals surface area contributed by atoms with Crippen molar-refractivity contribution in [3.05, 3.63) is 47.0 Å². The van der Waals surface area contributed by atoms with Gasteiger partial charge < -0.3 is 15.2 Å². The topological polar surface area (TPSA) is 95.9 Å². The number of aromatic nitrogens is 4. The molecule has 2 N–H and O–H groups in total. The number of nitrogens with one attached hydrogen (secondary N) is 2. The average Bonchev–Trinajstić information content (AvgIpc) is 3.32. The van der Waals surface area contributed by atoms with E-state index < -0.39 is 0 Å². The lowest BCUT2D eigenvalue weighted by molar-refractivity contribution is -0.122. The Balaban J connectivity index is 1.23. The number of aromatic amines is 1. The molecule has 0 aliphatic carbocycles. The molecule has 1 fully saturated rings. The Bertz CT molecular complexity index is 1030. The van der Waals surface area contributed by atoms with Crippen LogP contribution in [-0.4, -0.2) is 49.6 Å². The van der Waals surface area contributed by atoms with E-state index in [4.69, 9.17) is 11.6 Å². The third-order valence-corrected chi connectivity index (χ3v) is 5.51. The maximum atomic E-state index is 12.5. The first-order valence-corrected chi connectivity index (χ1v) is 10.0. The first kappa shape index (κ1) is 19.4. The Labute approximate surface area is 173 Å². The van der Waals surface area contributed by atoms with E-state index in [1.807, 2.05) is 17.0 Å². The van der Waals surface area contributed by atoms with Crippen LogP contribution >= 0.6 is 11.6 Å². The highest BCUT2D eigenvalue weighted by Gasteiger charge is 2.25. The number of rotatable bonds is 5. The van der Waals surface area contributed by atoms with Crippen LogP contribution in [0.3, 0.4) is 0 Å². The molecule has 9 heteroatoms. The highest BCUT2D eigenvalue weighted by Crippen LogP contribution is 2.22. The summed E-state index contributed by atoms with van der Waals surface area (Å²) < 4.78 is 1.63. The zero-order valence-electron chi connectivity index (χ0n) is 16.2. The summed E-state index contributed by atoms with van der Waals surface area (Å²) in [7, 11) is 1.79. The number of fused-ring (bicyclic) bond motifs is 1. The smallest absolute Gasteiger partial charge is 0.257 e. The fourth-order valence-corrected chi connectivity index (χ4v) is 3.86. The van der Waals surface area contributed by atoms with Crippen LogP contribution in [0.4, 0.5) is 0 Å². The molecule has 2 amide bonds. The van der Waals surface area contributed by atoms with Crippen LogP contribution < -0.4 is 5.32 Å². The van der Waals surface area contributed by atoms with Gasteiger partial charge in [-0.15, -0.1) is 0 Å². The van der Waals surface area contributed by atoms with Crippen molar-refractivity contribution in [2.24, 2.45) is 13.0 Å². The molecule has 1 aliphatic rings. The molecule has 0 radical (unpaired) electrons. The molecular formula is C20H23ClN6O2. The van der Waals surface area contributed by atoms with E-state index in [1.165, 1.54) is 0 Å². The van der Waals surface area contributed by atoms with Gasteiger partial charge in [0.05, 0.1) is 29.3 Å². The number of likely N-dealkylation sites (tertiary alicyclic amines) is 1. The Morgan fingerprint density at radius 2 is 2.10 bits per heavy atom. The number of hydrogen-bond acceptors (Lipinski definition) is 4. The fraction of sp³-hybridized carbons (Fsp3) is 0.400. The predicted molar refractivity (Wildman–Crippen MR) is 109 cm³/mol. The average molecular weight is 415 g/mol. The third kappa shape index (κ3) is 4.59. The van der Waals surface area contributed by atoms with Gasteiger partial charge in [0, 0.05) is 37.8 Å². The van der Waals surface area contributed by atoms with Crippen molar-refractivity contribution >= 4 is 34.4 Å². The maximum absolute atomic E-state index is 12.5. The van der Waals surface area contributed by atoms with Gasteiger partial charge in [-0.05, 0) is 37.0 Å². The molecular weight excluding hydrogens is 392 g/mol. The molecule has 8 nitrogen and oxygen atoms in total. The number of benzene rings is 1. The number of nitrogens with zero attached hydrogens (tertiary/aromatic N) is 4. The first-order chi connectivity index (χ1) is 14.0. The lowest BCUT2D eigenvalue weighted by atomic mass is 9.93. The minimum atomic E-state index is 0.000486. The summed E-state index contributed by atoms with van der Waals surface area (Å²) in [6.07, 6.45) is 5.42. The predicted octanol–water partition coefficient (Wildman–Crippen LogP) is 2.51. The molecule has 152 valence electrons. The van der Waals surface area contributed by atoms with Crippen molar-refractivity contribution in [2.75, 3.05) is 13.1 Å². The van der Waals surface area contributed by atoms with Gasteiger partial charge in [-0.1, -0.05) is 11.6 Å². The molecule has 1 aliphatic heterocycles. The van der Waals surface area contributed by atoms with E-state index in [2.05, 4.69) is 20.4 Å². The number of halogens is 1. The molecule has 0 saturated carbocycles. The van der Waals surface area contributed by atoms with Gasteiger partial charge in [-0.2, -0.15) is 5.10 Å². The van der Waals surface area contributed by atoms with E-state index in [0.29, 0.717) is 42.5 Å². The Morgan fingerprint density at radius 3 is 2.83 bits per heavy atom. The lowest BCUT2D eigenvalue weighted by Gasteiger charge is -2.31. The van der Waals surface area contributed by atoms with E-state index in [0.717, 1.165) is 23.9 Å². The molecule has 4 rings (SSSR count). The van der Waals surface area contributed by atoms with Gasteiger partial charge in [0.15, 0.2) is 0 Å². The molecule has 0 atom stereocenters. The van der Waals surface area contributed by atoms with Crippen molar-refractivity contribution in [3.8, 4) is 0 Å². The van der Waals surface area contributed by atoms with Crippen LogP contribution in [0, 0.1) is 5.92 Å². The molecule has 0 spiro atoms. The van der Waals surface area contributed by atoms with Crippen molar-refractivity contribution in [2.45, 2.75) is 25.8 Å². The molecule has 0 unspecified atom stereocenters. The summed E-state index contributed by atoms with van der Waals surface area (Å²) >= 11 is 5.98. The van der Waals surface area contributed by atoms with Crippen LogP contribution in [0.5, 0.6) is 0 Å². The minimum absolute atomic E-state index is 0.000486. The molecule has 0 bridgehead atoms. The van der Waals surface area contributed by atoms with Gasteiger partial charge >= 0.3 is 0 Å². The van der Waals surface area contributed by atoms with Crippen molar-refractivity contribution in [3.63, 3.8) is 0 Å². The normalized spacial score (nSPS) is 15.0. The summed E-state index contributed by atoms with van der Waals surface area (Å²) in [5.41, 5.74) is 2.28. The zero-order valence-corrected chi connectivity index (χ0v) is 16.9. The van der Waals surface area contributed by atoms with Crippen LogP contribution in [0.15, 0.2) is 30.6 Å². The Morgan fingerprint density at radius 1 is 1.31 bits per heavy atom. The Kier molecular flexibility index (Phi) is 5.53. The summed E-state index contributed by atoms with van der Waals surface area (Å²) in [5, 5.41) is 7.62. The van der Waals surface area contributed by atoms with Gasteiger partial charge in [0.25, 0.3) is 5.91 Å². The number of carbonyl (C=O) groups excluding carboxylic acids is 2. The maximum Gasteiger partial charge on any atom is 0.257 e. The van der Waals surface area contributed by atoms with E-state index >= 15 is 0 Å².